The van der Waals surface area contributed by atoms with Crippen LogP contribution in [0.4, 0.5) is 0 Å². The van der Waals surface area contributed by atoms with Gasteiger partial charge in [0.2, 0.25) is 0 Å². The van der Waals surface area contributed by atoms with Crippen molar-refractivity contribution < 1.29 is 17.9 Å². The van der Waals surface area contributed by atoms with Gasteiger partial charge in [0.05, 0.1) is 31.7 Å². The van der Waals surface area contributed by atoms with E-state index in [0.717, 1.165) is 22.7 Å². The molecule has 5 nitrogen and oxygen atoms in total. The molecular formula is C19H15Cl2NO4S. The highest BCUT2D eigenvalue weighted by molar-refractivity contribution is 7.90. The molecule has 3 aromatic rings. The summed E-state index contributed by atoms with van der Waals surface area (Å²) < 4.78 is 28.8. The molecule has 0 amide bonds. The number of nitrogens with zero attached hydrogens (tertiary/aromatic N) is 1. The van der Waals surface area contributed by atoms with Gasteiger partial charge < -0.3 is 4.74 Å². The number of rotatable bonds is 4. The second kappa shape index (κ2) is 7.46. The van der Waals surface area contributed by atoms with Crippen LogP contribution in [0, 0.1) is 6.92 Å². The molecule has 0 spiro atoms. The largest absolute Gasteiger partial charge is 0.456 e. The monoisotopic (exact) mass is 423 g/mol. The molecule has 1 aromatic heterocycles. The molecule has 0 N–H and O–H groups in total. The zero-order valence-electron chi connectivity index (χ0n) is 14.5. The van der Waals surface area contributed by atoms with Crippen molar-refractivity contribution in [3.05, 3.63) is 69.3 Å². The minimum Gasteiger partial charge on any atom is -0.456 e. The molecule has 0 aliphatic carbocycles. The Morgan fingerprint density at radius 3 is 2.56 bits per heavy atom. The van der Waals surface area contributed by atoms with Crippen LogP contribution in [0.5, 0.6) is 0 Å². The second-order valence-electron chi connectivity index (χ2n) is 6.01. The molecule has 0 radical (unpaired) electrons. The van der Waals surface area contributed by atoms with Crippen LogP contribution < -0.4 is 0 Å². The molecule has 140 valence electrons. The Balaban J connectivity index is 1.87. The number of esters is 1. The van der Waals surface area contributed by atoms with E-state index in [1.807, 2.05) is 31.2 Å². The van der Waals surface area contributed by atoms with Crippen LogP contribution in [0.25, 0.3) is 10.9 Å². The number of carbonyl (C=O) groups excluding carboxylic acids is 1. The SMILES string of the molecule is Cc1c(Cl)c(COC(=O)c2ccc(Cl)c(S(C)(=O)=O)c2)nc2ccccc12. The number of pyridine rings is 1. The third-order valence-corrected chi connectivity index (χ3v) is 6.13. The summed E-state index contributed by atoms with van der Waals surface area (Å²) in [5.74, 6) is -0.694. The van der Waals surface area contributed by atoms with Gasteiger partial charge in [-0.2, -0.15) is 0 Å². The second-order valence-corrected chi connectivity index (χ2v) is 8.78. The van der Waals surface area contributed by atoms with E-state index < -0.39 is 15.8 Å². The average molecular weight is 424 g/mol. The standard InChI is InChI=1S/C19H15Cl2NO4S/c1-11-13-5-3-4-6-15(13)22-16(18(11)21)10-26-19(23)12-7-8-14(20)17(9-12)27(2,24)25/h3-9H,10H2,1-2H3. The van der Waals surface area contributed by atoms with Crippen LogP contribution in [0.2, 0.25) is 10.0 Å². The molecule has 0 fully saturated rings. The van der Waals surface area contributed by atoms with Gasteiger partial charge in [-0.25, -0.2) is 18.2 Å². The van der Waals surface area contributed by atoms with E-state index >= 15 is 0 Å². The van der Waals surface area contributed by atoms with E-state index in [-0.39, 0.29) is 22.1 Å². The zero-order chi connectivity index (χ0) is 19.8. The number of carbonyl (C=O) groups is 1. The third kappa shape index (κ3) is 4.08. The molecule has 0 atom stereocenters. The Bertz CT molecular complexity index is 1160. The summed E-state index contributed by atoms with van der Waals surface area (Å²) in [7, 11) is -3.57. The van der Waals surface area contributed by atoms with Gasteiger partial charge in [-0.3, -0.25) is 0 Å². The molecule has 0 bridgehead atoms. The summed E-state index contributed by atoms with van der Waals surface area (Å²) in [6, 6.07) is 11.5. The Labute approximate surface area is 166 Å². The zero-order valence-corrected chi connectivity index (χ0v) is 16.8. The van der Waals surface area contributed by atoms with Gasteiger partial charge in [0, 0.05) is 11.6 Å². The lowest BCUT2D eigenvalue weighted by Gasteiger charge is -2.11. The number of aryl methyl sites for hydroxylation is 1. The Morgan fingerprint density at radius 2 is 1.85 bits per heavy atom. The molecular weight excluding hydrogens is 409 g/mol. The van der Waals surface area contributed by atoms with Crippen molar-refractivity contribution >= 4 is 49.9 Å². The molecule has 0 aliphatic heterocycles. The highest BCUT2D eigenvalue weighted by Crippen LogP contribution is 2.28. The van der Waals surface area contributed by atoms with Gasteiger partial charge in [-0.15, -0.1) is 0 Å². The molecule has 1 heterocycles. The van der Waals surface area contributed by atoms with E-state index in [1.165, 1.54) is 18.2 Å². The van der Waals surface area contributed by atoms with Gasteiger partial charge in [-0.1, -0.05) is 41.4 Å². The molecule has 0 unspecified atom stereocenters. The van der Waals surface area contributed by atoms with Crippen molar-refractivity contribution in [2.75, 3.05) is 6.26 Å². The fourth-order valence-electron chi connectivity index (χ4n) is 2.64. The Morgan fingerprint density at radius 1 is 1.15 bits per heavy atom. The van der Waals surface area contributed by atoms with E-state index in [9.17, 15) is 13.2 Å². The number of benzene rings is 2. The van der Waals surface area contributed by atoms with Gasteiger partial charge >= 0.3 is 5.97 Å². The number of ether oxygens (including phenoxy) is 1. The highest BCUT2D eigenvalue weighted by atomic mass is 35.5. The predicted molar refractivity (Wildman–Crippen MR) is 105 cm³/mol. The Hall–Kier alpha value is -2.15. The van der Waals surface area contributed by atoms with Gasteiger partial charge in [0.25, 0.3) is 0 Å². The minimum absolute atomic E-state index is 0.0453. The summed E-state index contributed by atoms with van der Waals surface area (Å²) in [4.78, 5) is 16.7. The van der Waals surface area contributed by atoms with Crippen molar-refractivity contribution in [3.63, 3.8) is 0 Å². The maximum atomic E-state index is 12.3. The van der Waals surface area contributed by atoms with Crippen molar-refractivity contribution in [1.82, 2.24) is 4.98 Å². The van der Waals surface area contributed by atoms with E-state index in [4.69, 9.17) is 27.9 Å². The maximum Gasteiger partial charge on any atom is 0.338 e. The molecule has 0 aliphatic rings. The van der Waals surface area contributed by atoms with Crippen LogP contribution in [0.1, 0.15) is 21.6 Å². The first kappa shape index (κ1) is 19.6. The van der Waals surface area contributed by atoms with Crippen molar-refractivity contribution in [3.8, 4) is 0 Å². The number of fused-ring (bicyclic) bond motifs is 1. The molecule has 27 heavy (non-hydrogen) atoms. The number of hydrogen-bond donors (Lipinski definition) is 0. The molecule has 2 aromatic carbocycles. The topological polar surface area (TPSA) is 73.3 Å². The molecule has 0 saturated heterocycles. The fraction of sp³-hybridized carbons (Fsp3) is 0.158. The van der Waals surface area contributed by atoms with E-state index in [2.05, 4.69) is 4.98 Å². The van der Waals surface area contributed by atoms with Gasteiger partial charge in [0.15, 0.2) is 9.84 Å². The summed E-state index contributed by atoms with van der Waals surface area (Å²) in [5.41, 5.74) is 2.10. The molecule has 3 rings (SSSR count). The van der Waals surface area contributed by atoms with Crippen LogP contribution >= 0.6 is 23.2 Å². The number of hydrogen-bond acceptors (Lipinski definition) is 5. The van der Waals surface area contributed by atoms with E-state index in [0.29, 0.717) is 10.7 Å². The smallest absolute Gasteiger partial charge is 0.338 e. The summed E-state index contributed by atoms with van der Waals surface area (Å²) in [6.07, 6.45) is 1.02. The summed E-state index contributed by atoms with van der Waals surface area (Å²) in [6.45, 7) is 1.73. The van der Waals surface area contributed by atoms with Crippen LogP contribution in [-0.2, 0) is 21.2 Å². The first-order valence-electron chi connectivity index (χ1n) is 7.89. The fourth-order valence-corrected chi connectivity index (χ4v) is 4.14. The highest BCUT2D eigenvalue weighted by Gasteiger charge is 2.18. The van der Waals surface area contributed by atoms with Gasteiger partial charge in [0.1, 0.15) is 6.61 Å². The molecule has 0 saturated carbocycles. The van der Waals surface area contributed by atoms with Crippen LogP contribution in [0.15, 0.2) is 47.4 Å². The number of sulfone groups is 1. The lowest BCUT2D eigenvalue weighted by molar-refractivity contribution is 0.0468. The lowest BCUT2D eigenvalue weighted by Crippen LogP contribution is -2.09. The van der Waals surface area contributed by atoms with Crippen molar-refractivity contribution in [2.24, 2.45) is 0 Å². The van der Waals surface area contributed by atoms with Crippen molar-refractivity contribution in [1.29, 1.82) is 0 Å². The predicted octanol–water partition coefficient (Wildman–Crippen LogP) is 4.61. The number of halogens is 2. The first-order chi connectivity index (χ1) is 12.7. The maximum absolute atomic E-state index is 12.3. The summed E-state index contributed by atoms with van der Waals surface area (Å²) >= 11 is 12.3. The number of aromatic nitrogens is 1. The van der Waals surface area contributed by atoms with E-state index in [1.54, 1.807) is 0 Å². The molecule has 8 heteroatoms. The van der Waals surface area contributed by atoms with Gasteiger partial charge in [-0.05, 0) is 36.8 Å². The third-order valence-electron chi connectivity index (χ3n) is 4.05. The minimum atomic E-state index is -3.57. The normalized spacial score (nSPS) is 11.6. The number of para-hydroxylation sites is 1. The average Bonchev–Trinajstić information content (AvgIpc) is 2.62. The van der Waals surface area contributed by atoms with Crippen molar-refractivity contribution in [2.45, 2.75) is 18.4 Å². The summed E-state index contributed by atoms with van der Waals surface area (Å²) in [5, 5.41) is 1.39. The lowest BCUT2D eigenvalue weighted by atomic mass is 10.1. The first-order valence-corrected chi connectivity index (χ1v) is 10.5. The van der Waals surface area contributed by atoms with Crippen LogP contribution in [0.3, 0.4) is 0 Å². The van der Waals surface area contributed by atoms with Crippen LogP contribution in [-0.4, -0.2) is 25.6 Å². The Kier molecular flexibility index (Phi) is 5.42. The quantitative estimate of drug-likeness (QED) is 0.572.